The van der Waals surface area contributed by atoms with Gasteiger partial charge >= 0.3 is 0 Å². The number of aryl methyl sites for hydroxylation is 1. The molecule has 4 rings (SSSR count). The maximum atomic E-state index is 13.2. The van der Waals surface area contributed by atoms with Crippen LogP contribution in [0.2, 0.25) is 0 Å². The summed E-state index contributed by atoms with van der Waals surface area (Å²) < 4.78 is 1.89. The standard InChI is InChI=1S/C19H20N4O2/c1-13-10-20-22(11-13)12-14-5-4-8-23(14)19(25)16-9-18(24)21-17-7-3-2-6-15(16)17/h2-3,6-7,9-11,14H,4-5,8,12H2,1H3,(H,21,24). The number of rotatable bonds is 3. The maximum Gasteiger partial charge on any atom is 0.255 e. The highest BCUT2D eigenvalue weighted by Gasteiger charge is 2.30. The van der Waals surface area contributed by atoms with Gasteiger partial charge in [0.15, 0.2) is 0 Å². The number of fused-ring (bicyclic) bond motifs is 1. The Bertz CT molecular complexity index is 988. The number of aromatic amines is 1. The van der Waals surface area contributed by atoms with Crippen molar-refractivity contribution in [2.45, 2.75) is 32.4 Å². The second-order valence-electron chi connectivity index (χ2n) is 6.63. The van der Waals surface area contributed by atoms with Crippen molar-refractivity contribution < 1.29 is 4.79 Å². The topological polar surface area (TPSA) is 71.0 Å². The number of nitrogens with one attached hydrogen (secondary N) is 1. The number of likely N-dealkylation sites (tertiary alicyclic amines) is 1. The number of carbonyl (C=O) groups excluding carboxylic acids is 1. The molecule has 0 radical (unpaired) electrons. The molecule has 128 valence electrons. The minimum absolute atomic E-state index is 0.0753. The monoisotopic (exact) mass is 336 g/mol. The Balaban J connectivity index is 1.67. The summed E-state index contributed by atoms with van der Waals surface area (Å²) in [5.41, 5.74) is 2.02. The van der Waals surface area contributed by atoms with Crippen LogP contribution in [0.4, 0.5) is 0 Å². The van der Waals surface area contributed by atoms with Gasteiger partial charge < -0.3 is 9.88 Å². The van der Waals surface area contributed by atoms with Crippen LogP contribution < -0.4 is 5.56 Å². The van der Waals surface area contributed by atoms with E-state index in [2.05, 4.69) is 10.1 Å². The van der Waals surface area contributed by atoms with E-state index in [0.717, 1.165) is 23.8 Å². The summed E-state index contributed by atoms with van der Waals surface area (Å²) in [7, 11) is 0. The molecule has 6 heteroatoms. The van der Waals surface area contributed by atoms with Crippen molar-refractivity contribution in [2.75, 3.05) is 6.54 Å². The predicted octanol–water partition coefficient (Wildman–Crippen LogP) is 2.34. The summed E-state index contributed by atoms with van der Waals surface area (Å²) >= 11 is 0. The van der Waals surface area contributed by atoms with Crippen molar-refractivity contribution in [1.82, 2.24) is 19.7 Å². The van der Waals surface area contributed by atoms with E-state index in [1.807, 2.05) is 53.2 Å². The Labute approximate surface area is 145 Å². The SMILES string of the molecule is Cc1cnn(CC2CCCN2C(=O)c2cc(=O)[nH]c3ccccc23)c1. The van der Waals surface area contributed by atoms with Crippen molar-refractivity contribution in [3.63, 3.8) is 0 Å². The number of H-pyrrole nitrogens is 1. The maximum absolute atomic E-state index is 13.2. The first-order valence-electron chi connectivity index (χ1n) is 8.54. The molecule has 6 nitrogen and oxygen atoms in total. The lowest BCUT2D eigenvalue weighted by Crippen LogP contribution is -2.38. The molecule has 3 aromatic rings. The highest BCUT2D eigenvalue weighted by molar-refractivity contribution is 6.06. The second-order valence-corrected chi connectivity index (χ2v) is 6.63. The average Bonchev–Trinajstić information content (AvgIpc) is 3.22. The van der Waals surface area contributed by atoms with Crippen LogP contribution >= 0.6 is 0 Å². The molecular formula is C19H20N4O2. The Morgan fingerprint density at radius 2 is 2.20 bits per heavy atom. The largest absolute Gasteiger partial charge is 0.334 e. The van der Waals surface area contributed by atoms with Gasteiger partial charge in [-0.2, -0.15) is 5.10 Å². The highest BCUT2D eigenvalue weighted by Crippen LogP contribution is 2.24. The van der Waals surface area contributed by atoms with E-state index >= 15 is 0 Å². The number of hydrogen-bond acceptors (Lipinski definition) is 3. The van der Waals surface area contributed by atoms with Crippen LogP contribution in [0, 0.1) is 6.92 Å². The summed E-state index contributed by atoms with van der Waals surface area (Å²) in [6, 6.07) is 8.95. The molecule has 1 unspecified atom stereocenters. The summed E-state index contributed by atoms with van der Waals surface area (Å²) in [5, 5.41) is 5.12. The van der Waals surface area contributed by atoms with Gasteiger partial charge in [0.25, 0.3) is 5.91 Å². The van der Waals surface area contributed by atoms with Crippen molar-refractivity contribution in [3.8, 4) is 0 Å². The smallest absolute Gasteiger partial charge is 0.255 e. The zero-order chi connectivity index (χ0) is 17.4. The van der Waals surface area contributed by atoms with E-state index in [0.29, 0.717) is 24.2 Å². The lowest BCUT2D eigenvalue weighted by Gasteiger charge is -2.25. The number of nitrogens with zero attached hydrogens (tertiary/aromatic N) is 3. The number of aromatic nitrogens is 3. The number of benzene rings is 1. The lowest BCUT2D eigenvalue weighted by molar-refractivity contribution is 0.0723. The summed E-state index contributed by atoms with van der Waals surface area (Å²) in [6.07, 6.45) is 5.73. The second kappa shape index (κ2) is 6.20. The Morgan fingerprint density at radius 3 is 3.00 bits per heavy atom. The summed E-state index contributed by atoms with van der Waals surface area (Å²) in [6.45, 7) is 3.40. The molecule has 1 atom stereocenters. The van der Waals surface area contributed by atoms with E-state index in [4.69, 9.17) is 0 Å². The summed E-state index contributed by atoms with van der Waals surface area (Å²) in [4.78, 5) is 29.8. The normalized spacial score (nSPS) is 17.3. The van der Waals surface area contributed by atoms with Gasteiger partial charge in [-0.15, -0.1) is 0 Å². The first-order valence-corrected chi connectivity index (χ1v) is 8.54. The van der Waals surface area contributed by atoms with Crippen LogP contribution in [0.3, 0.4) is 0 Å². The predicted molar refractivity (Wildman–Crippen MR) is 95.6 cm³/mol. The van der Waals surface area contributed by atoms with Gasteiger partial charge in [-0.05, 0) is 31.4 Å². The highest BCUT2D eigenvalue weighted by atomic mass is 16.2. The van der Waals surface area contributed by atoms with Crippen molar-refractivity contribution in [3.05, 3.63) is 64.2 Å². The zero-order valence-electron chi connectivity index (χ0n) is 14.1. The first-order chi connectivity index (χ1) is 12.1. The molecule has 1 saturated heterocycles. The van der Waals surface area contributed by atoms with Crippen LogP contribution in [0.15, 0.2) is 47.5 Å². The van der Waals surface area contributed by atoms with Crippen molar-refractivity contribution >= 4 is 16.8 Å². The van der Waals surface area contributed by atoms with E-state index in [1.165, 1.54) is 6.07 Å². The molecule has 1 amide bonds. The van der Waals surface area contributed by atoms with Gasteiger partial charge in [-0.25, -0.2) is 0 Å². The van der Waals surface area contributed by atoms with Crippen LogP contribution in [-0.2, 0) is 6.54 Å². The first kappa shape index (κ1) is 15.6. The van der Waals surface area contributed by atoms with Gasteiger partial charge in [0.1, 0.15) is 0 Å². The minimum atomic E-state index is -0.250. The van der Waals surface area contributed by atoms with Gasteiger partial charge in [-0.3, -0.25) is 14.3 Å². The molecule has 1 aliphatic heterocycles. The minimum Gasteiger partial charge on any atom is -0.334 e. The number of amides is 1. The Morgan fingerprint density at radius 1 is 1.36 bits per heavy atom. The van der Waals surface area contributed by atoms with E-state index in [-0.39, 0.29) is 17.5 Å². The molecule has 3 heterocycles. The molecular weight excluding hydrogens is 316 g/mol. The molecule has 25 heavy (non-hydrogen) atoms. The number of hydrogen-bond donors (Lipinski definition) is 1. The van der Waals surface area contributed by atoms with Gasteiger partial charge in [-0.1, -0.05) is 18.2 Å². The molecule has 0 bridgehead atoms. The number of carbonyl (C=O) groups is 1. The molecule has 0 saturated carbocycles. The molecule has 1 aromatic carbocycles. The van der Waals surface area contributed by atoms with Gasteiger partial charge in [0.2, 0.25) is 5.56 Å². The Kier molecular flexibility index (Phi) is 3.87. The number of para-hydroxylation sites is 1. The van der Waals surface area contributed by atoms with Crippen LogP contribution in [0.5, 0.6) is 0 Å². The third-order valence-corrected chi connectivity index (χ3v) is 4.78. The van der Waals surface area contributed by atoms with Gasteiger partial charge in [0, 0.05) is 29.7 Å². The van der Waals surface area contributed by atoms with E-state index in [1.54, 1.807) is 0 Å². The van der Waals surface area contributed by atoms with Crippen molar-refractivity contribution in [1.29, 1.82) is 0 Å². The van der Waals surface area contributed by atoms with E-state index < -0.39 is 0 Å². The van der Waals surface area contributed by atoms with Crippen molar-refractivity contribution in [2.24, 2.45) is 0 Å². The molecule has 1 aliphatic rings. The lowest BCUT2D eigenvalue weighted by atomic mass is 10.1. The van der Waals surface area contributed by atoms with Crippen LogP contribution in [0.1, 0.15) is 28.8 Å². The fourth-order valence-electron chi connectivity index (χ4n) is 3.61. The molecule has 2 aromatic heterocycles. The Hall–Kier alpha value is -2.89. The molecule has 0 aliphatic carbocycles. The molecule has 1 N–H and O–H groups in total. The van der Waals surface area contributed by atoms with Crippen LogP contribution in [-0.4, -0.2) is 38.2 Å². The third-order valence-electron chi connectivity index (χ3n) is 4.78. The quantitative estimate of drug-likeness (QED) is 0.798. The van der Waals surface area contributed by atoms with E-state index in [9.17, 15) is 9.59 Å². The van der Waals surface area contributed by atoms with Gasteiger partial charge in [0.05, 0.1) is 24.3 Å². The third kappa shape index (κ3) is 2.95. The fourth-order valence-corrected chi connectivity index (χ4v) is 3.61. The number of pyridine rings is 1. The molecule has 1 fully saturated rings. The zero-order valence-corrected chi connectivity index (χ0v) is 14.1. The fraction of sp³-hybridized carbons (Fsp3) is 0.316. The average molecular weight is 336 g/mol. The van der Waals surface area contributed by atoms with Crippen LogP contribution in [0.25, 0.3) is 10.9 Å². The summed E-state index contributed by atoms with van der Waals surface area (Å²) in [5.74, 6) is -0.0753. The molecule has 0 spiro atoms.